The molecule has 2 heterocycles. The molecule has 1 unspecified atom stereocenters. The van der Waals surface area contributed by atoms with Gasteiger partial charge in [-0.1, -0.05) is 12.1 Å². The zero-order valence-electron chi connectivity index (χ0n) is 13.4. The number of thiazole rings is 1. The second-order valence-corrected chi connectivity index (χ2v) is 6.62. The Bertz CT molecular complexity index is 780. The molecule has 0 saturated carbocycles. The van der Waals surface area contributed by atoms with E-state index in [1.54, 1.807) is 22.4 Å². The Kier molecular flexibility index (Phi) is 5.40. The number of aromatic nitrogens is 1. The number of carboxylic acid groups (broad SMARTS) is 1. The topological polar surface area (TPSA) is 79.7 Å². The van der Waals surface area contributed by atoms with E-state index < -0.39 is 12.1 Å². The van der Waals surface area contributed by atoms with E-state index in [2.05, 4.69) is 4.98 Å². The summed E-state index contributed by atoms with van der Waals surface area (Å²) in [4.78, 5) is 29.2. The Balaban J connectivity index is 1.62. The van der Waals surface area contributed by atoms with E-state index in [-0.39, 0.29) is 31.1 Å². The fourth-order valence-corrected chi connectivity index (χ4v) is 3.49. The number of carbonyl (C=O) groups is 2. The van der Waals surface area contributed by atoms with Gasteiger partial charge in [0.15, 0.2) is 0 Å². The third kappa shape index (κ3) is 4.61. The van der Waals surface area contributed by atoms with Gasteiger partial charge in [0.1, 0.15) is 10.8 Å². The van der Waals surface area contributed by atoms with Gasteiger partial charge in [0.25, 0.3) is 0 Å². The zero-order valence-corrected chi connectivity index (χ0v) is 14.2. The first-order valence-corrected chi connectivity index (χ1v) is 8.71. The summed E-state index contributed by atoms with van der Waals surface area (Å²) < 4.78 is 18.7. The molecule has 0 radical (unpaired) electrons. The minimum atomic E-state index is -0.946. The molecular weight excluding hydrogens is 347 g/mol. The first kappa shape index (κ1) is 17.5. The Morgan fingerprint density at radius 2 is 2.28 bits per heavy atom. The van der Waals surface area contributed by atoms with Crippen molar-refractivity contribution in [3.8, 4) is 10.6 Å². The van der Waals surface area contributed by atoms with E-state index >= 15 is 0 Å². The number of carboxylic acids is 1. The molecule has 6 nitrogen and oxygen atoms in total. The van der Waals surface area contributed by atoms with E-state index in [4.69, 9.17) is 9.84 Å². The van der Waals surface area contributed by atoms with Gasteiger partial charge < -0.3 is 14.7 Å². The summed E-state index contributed by atoms with van der Waals surface area (Å²) in [6.07, 6.45) is -0.469. The minimum Gasteiger partial charge on any atom is -0.481 e. The average molecular weight is 364 g/mol. The van der Waals surface area contributed by atoms with Crippen molar-refractivity contribution in [3.05, 3.63) is 41.2 Å². The largest absolute Gasteiger partial charge is 0.481 e. The van der Waals surface area contributed by atoms with Crippen molar-refractivity contribution in [3.63, 3.8) is 0 Å². The lowest BCUT2D eigenvalue weighted by molar-refractivity contribution is -0.147. The summed E-state index contributed by atoms with van der Waals surface area (Å²) in [7, 11) is 0. The van der Waals surface area contributed by atoms with E-state index in [0.29, 0.717) is 29.4 Å². The highest BCUT2D eigenvalue weighted by Gasteiger charge is 2.26. The Hall–Kier alpha value is -2.32. The molecule has 1 fully saturated rings. The maximum absolute atomic E-state index is 13.3. The molecule has 1 aromatic carbocycles. The number of morpholine rings is 1. The van der Waals surface area contributed by atoms with Crippen LogP contribution in [0.3, 0.4) is 0 Å². The van der Waals surface area contributed by atoms with Gasteiger partial charge in [-0.25, -0.2) is 9.37 Å². The van der Waals surface area contributed by atoms with Crippen molar-refractivity contribution in [1.29, 1.82) is 0 Å². The molecular formula is C17H17FN2O4S. The maximum Gasteiger partial charge on any atom is 0.306 e. The summed E-state index contributed by atoms with van der Waals surface area (Å²) in [6.45, 7) is 1.04. The third-order valence-electron chi connectivity index (χ3n) is 3.85. The standard InChI is InChI=1S/C17H17FN2O4S/c18-12-3-1-2-11(6-12)17-19-13(10-25-17)7-15(21)20-4-5-24-14(9-20)8-16(22)23/h1-3,6,10,14H,4-5,7-9H2,(H,22,23). The quantitative estimate of drug-likeness (QED) is 0.880. The second kappa shape index (κ2) is 7.71. The molecule has 1 aliphatic heterocycles. The van der Waals surface area contributed by atoms with Crippen LogP contribution in [0.15, 0.2) is 29.6 Å². The summed E-state index contributed by atoms with van der Waals surface area (Å²) in [5.41, 5.74) is 1.30. The molecule has 8 heteroatoms. The van der Waals surface area contributed by atoms with E-state index in [9.17, 15) is 14.0 Å². The predicted molar refractivity (Wildman–Crippen MR) is 89.8 cm³/mol. The van der Waals surface area contributed by atoms with Gasteiger partial charge in [-0.05, 0) is 12.1 Å². The molecule has 0 bridgehead atoms. The van der Waals surface area contributed by atoms with Crippen molar-refractivity contribution in [2.75, 3.05) is 19.7 Å². The van der Waals surface area contributed by atoms with Crippen LogP contribution < -0.4 is 0 Å². The van der Waals surface area contributed by atoms with Crippen molar-refractivity contribution in [2.45, 2.75) is 18.9 Å². The Morgan fingerprint density at radius 1 is 1.44 bits per heavy atom. The Labute approximate surface area is 147 Å². The zero-order chi connectivity index (χ0) is 17.8. The highest BCUT2D eigenvalue weighted by Crippen LogP contribution is 2.24. The lowest BCUT2D eigenvalue weighted by Crippen LogP contribution is -2.46. The lowest BCUT2D eigenvalue weighted by atomic mass is 10.2. The number of ether oxygens (including phenoxy) is 1. The van der Waals surface area contributed by atoms with Gasteiger partial charge >= 0.3 is 5.97 Å². The van der Waals surface area contributed by atoms with Gasteiger partial charge in [-0.15, -0.1) is 11.3 Å². The van der Waals surface area contributed by atoms with Crippen LogP contribution in [0.2, 0.25) is 0 Å². The number of nitrogens with zero attached hydrogens (tertiary/aromatic N) is 2. The Morgan fingerprint density at radius 3 is 3.04 bits per heavy atom. The number of rotatable bonds is 5. The summed E-state index contributed by atoms with van der Waals surface area (Å²) >= 11 is 1.36. The molecule has 2 aromatic rings. The van der Waals surface area contributed by atoms with Crippen LogP contribution in [0.25, 0.3) is 10.6 Å². The fourth-order valence-electron chi connectivity index (χ4n) is 2.67. The third-order valence-corrected chi connectivity index (χ3v) is 4.79. The monoisotopic (exact) mass is 364 g/mol. The van der Waals surface area contributed by atoms with Crippen molar-refractivity contribution in [1.82, 2.24) is 9.88 Å². The van der Waals surface area contributed by atoms with Crippen LogP contribution in [-0.2, 0) is 20.7 Å². The normalized spacial score (nSPS) is 17.5. The smallest absolute Gasteiger partial charge is 0.306 e. The van der Waals surface area contributed by atoms with Crippen LogP contribution in [0.5, 0.6) is 0 Å². The fraction of sp³-hybridized carbons (Fsp3) is 0.353. The molecule has 1 saturated heterocycles. The van der Waals surface area contributed by atoms with E-state index in [1.165, 1.54) is 23.5 Å². The molecule has 3 rings (SSSR count). The number of aliphatic carboxylic acids is 1. The number of carbonyl (C=O) groups excluding carboxylic acids is 1. The van der Waals surface area contributed by atoms with Crippen LogP contribution >= 0.6 is 11.3 Å². The molecule has 0 spiro atoms. The molecule has 1 N–H and O–H groups in total. The van der Waals surface area contributed by atoms with Gasteiger partial charge in [-0.3, -0.25) is 9.59 Å². The van der Waals surface area contributed by atoms with Crippen LogP contribution in [0.4, 0.5) is 4.39 Å². The van der Waals surface area contributed by atoms with Crippen molar-refractivity contribution >= 4 is 23.2 Å². The molecule has 132 valence electrons. The number of amides is 1. The summed E-state index contributed by atoms with van der Waals surface area (Å²) in [6, 6.07) is 6.16. The maximum atomic E-state index is 13.3. The van der Waals surface area contributed by atoms with E-state index in [1.807, 2.05) is 0 Å². The first-order valence-electron chi connectivity index (χ1n) is 7.83. The van der Waals surface area contributed by atoms with Gasteiger partial charge in [0, 0.05) is 24.0 Å². The number of benzene rings is 1. The second-order valence-electron chi connectivity index (χ2n) is 5.76. The molecule has 1 amide bonds. The highest BCUT2D eigenvalue weighted by molar-refractivity contribution is 7.13. The molecule has 1 aliphatic rings. The minimum absolute atomic E-state index is 0.116. The van der Waals surface area contributed by atoms with Crippen molar-refractivity contribution in [2.24, 2.45) is 0 Å². The molecule has 1 aromatic heterocycles. The van der Waals surface area contributed by atoms with Crippen LogP contribution in [0, 0.1) is 5.82 Å². The average Bonchev–Trinajstić information content (AvgIpc) is 3.03. The molecule has 1 atom stereocenters. The van der Waals surface area contributed by atoms with E-state index in [0.717, 1.165) is 0 Å². The number of halogens is 1. The number of hydrogen-bond donors (Lipinski definition) is 1. The van der Waals surface area contributed by atoms with Gasteiger partial charge in [-0.2, -0.15) is 0 Å². The SMILES string of the molecule is O=C(O)CC1CN(C(=O)Cc2csc(-c3cccc(F)c3)n2)CCO1. The first-order chi connectivity index (χ1) is 12.0. The van der Waals surface area contributed by atoms with Gasteiger partial charge in [0.2, 0.25) is 5.91 Å². The van der Waals surface area contributed by atoms with Gasteiger partial charge in [0.05, 0.1) is 31.2 Å². The summed E-state index contributed by atoms with van der Waals surface area (Å²) in [5, 5.41) is 11.3. The molecule has 25 heavy (non-hydrogen) atoms. The van der Waals surface area contributed by atoms with Crippen molar-refractivity contribution < 1.29 is 23.8 Å². The summed E-state index contributed by atoms with van der Waals surface area (Å²) in [5.74, 6) is -1.39. The lowest BCUT2D eigenvalue weighted by Gasteiger charge is -2.32. The van der Waals surface area contributed by atoms with Crippen LogP contribution in [0.1, 0.15) is 12.1 Å². The molecule has 0 aliphatic carbocycles. The van der Waals surface area contributed by atoms with Crippen LogP contribution in [-0.4, -0.2) is 52.7 Å². The highest BCUT2D eigenvalue weighted by atomic mass is 32.1. The number of hydrogen-bond acceptors (Lipinski definition) is 5. The predicted octanol–water partition coefficient (Wildman–Crippen LogP) is 2.19.